The average Bonchev–Trinajstić information content (AvgIpc) is 2.64. The molecule has 0 radical (unpaired) electrons. The van der Waals surface area contributed by atoms with Crippen LogP contribution in [0.15, 0.2) is 29.4 Å². The van der Waals surface area contributed by atoms with Crippen molar-refractivity contribution in [3.63, 3.8) is 0 Å². The van der Waals surface area contributed by atoms with Crippen LogP contribution in [0.4, 0.5) is 5.69 Å². The maximum absolute atomic E-state index is 11.2. The molecule has 1 amide bonds. The molecule has 26 heavy (non-hydrogen) atoms. The Kier molecular flexibility index (Phi) is 7.66. The number of nitrogens with zero attached hydrogens (tertiary/aromatic N) is 2. The Labute approximate surface area is 159 Å². The van der Waals surface area contributed by atoms with E-state index in [1.807, 2.05) is 6.07 Å². The smallest absolute Gasteiger partial charge is 0.265 e. The van der Waals surface area contributed by atoms with Gasteiger partial charge in [0.1, 0.15) is 6.21 Å². The summed E-state index contributed by atoms with van der Waals surface area (Å²) in [5, 5.41) is 18.5. The summed E-state index contributed by atoms with van der Waals surface area (Å²) >= 11 is 0. The number of hydrogen-bond donors (Lipinski definition) is 3. The number of nitrogens with one attached hydrogen (secondary N) is 2. The maximum Gasteiger partial charge on any atom is 0.265 e. The van der Waals surface area contributed by atoms with E-state index in [0.717, 1.165) is 44.0 Å². The first-order valence-corrected chi connectivity index (χ1v) is 8.89. The first kappa shape index (κ1) is 20.0. The fraction of sp³-hybridized carbons (Fsp3) is 0.421. The lowest BCUT2D eigenvalue weighted by molar-refractivity contribution is -0.114. The first-order valence-electron chi connectivity index (χ1n) is 8.89. The number of pyridine rings is 1. The van der Waals surface area contributed by atoms with Gasteiger partial charge in [0.15, 0.2) is 0 Å². The van der Waals surface area contributed by atoms with E-state index in [0.29, 0.717) is 6.54 Å². The minimum absolute atomic E-state index is 0. The van der Waals surface area contributed by atoms with Crippen LogP contribution in [0, 0.1) is 0 Å². The lowest BCUT2D eigenvalue weighted by Gasteiger charge is -2.21. The van der Waals surface area contributed by atoms with E-state index in [2.05, 4.69) is 34.0 Å². The second kappa shape index (κ2) is 9.97. The van der Waals surface area contributed by atoms with Gasteiger partial charge in [-0.1, -0.05) is 23.4 Å². The van der Waals surface area contributed by atoms with Crippen LogP contribution in [0.1, 0.15) is 36.9 Å². The molecule has 0 bridgehead atoms. The fourth-order valence-corrected chi connectivity index (χ4v) is 3.35. The molecule has 7 heteroatoms. The molecule has 0 saturated heterocycles. The standard InChI is InChI=1S/C19H24N4O2.ClH/c24-18(13-22-25)20-11-5-6-12-21-19-14-7-1-3-9-16(14)23-17-10-4-2-8-15(17)19;/h1,3,7,9,13,25H,2,4-6,8,10-12H2,(H,20,24)(H,21,23);1H/b22-13+;. The molecule has 6 nitrogen and oxygen atoms in total. The number of aromatic nitrogens is 1. The Morgan fingerprint density at radius 2 is 1.96 bits per heavy atom. The molecule has 3 rings (SSSR count). The van der Waals surface area contributed by atoms with Gasteiger partial charge in [-0.2, -0.15) is 0 Å². The molecular weight excluding hydrogens is 352 g/mol. The van der Waals surface area contributed by atoms with Gasteiger partial charge in [-0.3, -0.25) is 9.78 Å². The summed E-state index contributed by atoms with van der Waals surface area (Å²) < 4.78 is 0. The molecule has 0 fully saturated rings. The van der Waals surface area contributed by atoms with Gasteiger partial charge >= 0.3 is 0 Å². The van der Waals surface area contributed by atoms with Crippen LogP contribution in [-0.2, 0) is 17.6 Å². The molecule has 1 aromatic heterocycles. The molecule has 140 valence electrons. The van der Waals surface area contributed by atoms with Gasteiger partial charge < -0.3 is 15.8 Å². The van der Waals surface area contributed by atoms with Gasteiger partial charge in [-0.05, 0) is 50.2 Å². The Hall–Kier alpha value is -2.34. The summed E-state index contributed by atoms with van der Waals surface area (Å²) in [6.45, 7) is 1.42. The predicted molar refractivity (Wildman–Crippen MR) is 107 cm³/mol. The van der Waals surface area contributed by atoms with Gasteiger partial charge in [0.05, 0.1) is 5.52 Å². The summed E-state index contributed by atoms with van der Waals surface area (Å²) in [6.07, 6.45) is 7.27. The second-order valence-electron chi connectivity index (χ2n) is 6.31. The normalized spacial score (nSPS) is 13.2. The van der Waals surface area contributed by atoms with Gasteiger partial charge in [0, 0.05) is 29.9 Å². The molecule has 1 heterocycles. The molecule has 1 aliphatic rings. The molecule has 1 aliphatic carbocycles. The van der Waals surface area contributed by atoms with Crippen molar-refractivity contribution in [2.24, 2.45) is 5.16 Å². The number of unbranched alkanes of at least 4 members (excludes halogenated alkanes) is 1. The topological polar surface area (TPSA) is 86.6 Å². The number of hydrogen-bond acceptors (Lipinski definition) is 5. The highest BCUT2D eigenvalue weighted by Gasteiger charge is 2.17. The maximum atomic E-state index is 11.2. The van der Waals surface area contributed by atoms with Crippen molar-refractivity contribution in [2.45, 2.75) is 38.5 Å². The Morgan fingerprint density at radius 3 is 2.81 bits per heavy atom. The van der Waals surface area contributed by atoms with Crippen molar-refractivity contribution < 1.29 is 10.0 Å². The van der Waals surface area contributed by atoms with E-state index in [1.165, 1.54) is 35.2 Å². The molecule has 0 atom stereocenters. The largest absolute Gasteiger partial charge is 0.411 e. The first-order chi connectivity index (χ1) is 12.3. The van der Waals surface area contributed by atoms with Crippen molar-refractivity contribution in [1.29, 1.82) is 0 Å². The summed E-state index contributed by atoms with van der Waals surface area (Å²) in [6, 6.07) is 8.30. The summed E-state index contributed by atoms with van der Waals surface area (Å²) in [5.74, 6) is -0.371. The molecule has 0 spiro atoms. The van der Waals surface area contributed by atoms with Gasteiger partial charge in [-0.15, -0.1) is 12.4 Å². The Bertz CT molecular complexity index is 779. The highest BCUT2D eigenvalue weighted by Crippen LogP contribution is 2.33. The molecule has 0 unspecified atom stereocenters. The van der Waals surface area contributed by atoms with Crippen molar-refractivity contribution in [3.05, 3.63) is 35.5 Å². The number of anilines is 1. The molecule has 1 aromatic carbocycles. The number of halogens is 1. The molecule has 2 aromatic rings. The van der Waals surface area contributed by atoms with Gasteiger partial charge in [0.25, 0.3) is 5.91 Å². The van der Waals surface area contributed by atoms with Crippen LogP contribution in [0.3, 0.4) is 0 Å². The molecule has 0 aliphatic heterocycles. The monoisotopic (exact) mass is 376 g/mol. The van der Waals surface area contributed by atoms with Gasteiger partial charge in [0.2, 0.25) is 0 Å². The number of carbonyl (C=O) groups excluding carboxylic acids is 1. The zero-order chi connectivity index (χ0) is 17.5. The highest BCUT2D eigenvalue weighted by atomic mass is 35.5. The third kappa shape index (κ3) is 4.85. The lowest BCUT2D eigenvalue weighted by Crippen LogP contribution is -2.25. The minimum Gasteiger partial charge on any atom is -0.411 e. The van der Waals surface area contributed by atoms with E-state index in [4.69, 9.17) is 10.2 Å². The van der Waals surface area contributed by atoms with Crippen LogP contribution >= 0.6 is 12.4 Å². The van der Waals surface area contributed by atoms with E-state index < -0.39 is 0 Å². The number of para-hydroxylation sites is 1. The van der Waals surface area contributed by atoms with Crippen LogP contribution in [-0.4, -0.2) is 35.4 Å². The lowest BCUT2D eigenvalue weighted by atomic mass is 9.92. The number of amides is 1. The van der Waals surface area contributed by atoms with Crippen LogP contribution in [0.25, 0.3) is 10.9 Å². The number of aryl methyl sites for hydroxylation is 1. The number of carbonyl (C=O) groups is 1. The molecule has 3 N–H and O–H groups in total. The van der Waals surface area contributed by atoms with Crippen LogP contribution in [0.5, 0.6) is 0 Å². The summed E-state index contributed by atoms with van der Waals surface area (Å²) in [5.41, 5.74) is 4.90. The number of oxime groups is 1. The van der Waals surface area contributed by atoms with Gasteiger partial charge in [-0.25, -0.2) is 0 Å². The Morgan fingerprint density at radius 1 is 1.19 bits per heavy atom. The zero-order valence-electron chi connectivity index (χ0n) is 14.7. The van der Waals surface area contributed by atoms with E-state index in [1.54, 1.807) is 0 Å². The van der Waals surface area contributed by atoms with E-state index in [9.17, 15) is 4.79 Å². The third-order valence-electron chi connectivity index (χ3n) is 4.55. The van der Waals surface area contributed by atoms with Crippen LogP contribution in [0.2, 0.25) is 0 Å². The van der Waals surface area contributed by atoms with E-state index in [-0.39, 0.29) is 18.3 Å². The Balaban J connectivity index is 0.00000243. The number of rotatable bonds is 7. The number of benzene rings is 1. The second-order valence-corrected chi connectivity index (χ2v) is 6.31. The minimum atomic E-state index is -0.371. The van der Waals surface area contributed by atoms with Crippen molar-refractivity contribution in [2.75, 3.05) is 18.4 Å². The van der Waals surface area contributed by atoms with Crippen molar-refractivity contribution >= 4 is 41.1 Å². The zero-order valence-corrected chi connectivity index (χ0v) is 15.5. The summed E-state index contributed by atoms with van der Waals surface area (Å²) in [4.78, 5) is 16.0. The van der Waals surface area contributed by atoms with Crippen molar-refractivity contribution in [3.8, 4) is 0 Å². The quantitative estimate of drug-likeness (QED) is 0.299. The summed E-state index contributed by atoms with van der Waals surface area (Å²) in [7, 11) is 0. The predicted octanol–water partition coefficient (Wildman–Crippen LogP) is 3.30. The molecular formula is C19H25ClN4O2. The van der Waals surface area contributed by atoms with Crippen molar-refractivity contribution in [1.82, 2.24) is 10.3 Å². The number of fused-ring (bicyclic) bond motifs is 2. The molecule has 0 saturated carbocycles. The highest BCUT2D eigenvalue weighted by molar-refractivity contribution is 6.25. The average molecular weight is 377 g/mol. The van der Waals surface area contributed by atoms with Crippen LogP contribution < -0.4 is 10.6 Å². The SMILES string of the molecule is Cl.O=C(/C=N/O)NCCCCNc1c2c(nc3ccccc13)CCCC2. The van der Waals surface area contributed by atoms with E-state index >= 15 is 0 Å². The fourth-order valence-electron chi connectivity index (χ4n) is 3.35. The third-order valence-corrected chi connectivity index (χ3v) is 4.55.